The number of ether oxygens (including phenoxy) is 2. The Morgan fingerprint density at radius 2 is 1.46 bits per heavy atom. The molecule has 2 fully saturated rings. The van der Waals surface area contributed by atoms with Gasteiger partial charge in [0.1, 0.15) is 0 Å². The Kier molecular flexibility index (Phi) is 11.4. The maximum atomic E-state index is 10.5. The molecule has 0 spiro atoms. The minimum absolute atomic E-state index is 0.421. The molecule has 0 saturated carbocycles. The molecule has 2 rings (SSSR count). The summed E-state index contributed by atoms with van der Waals surface area (Å²) in [6.07, 6.45) is 3.90. The first-order valence-electron chi connectivity index (χ1n) is 8.64. The van der Waals surface area contributed by atoms with Crippen molar-refractivity contribution in [3.8, 4) is 0 Å². The van der Waals surface area contributed by atoms with E-state index in [0.717, 1.165) is 38.5 Å². The van der Waals surface area contributed by atoms with Gasteiger partial charge >= 0.3 is 6.16 Å². The number of carbonyl (C=O) groups excluding carboxylic acids is 1. The van der Waals surface area contributed by atoms with Crippen molar-refractivity contribution in [2.75, 3.05) is 59.4 Å². The van der Waals surface area contributed by atoms with Crippen LogP contribution in [0, 0.1) is 11.8 Å². The van der Waals surface area contributed by atoms with Gasteiger partial charge in [-0.25, -0.2) is 4.79 Å². The van der Waals surface area contributed by atoms with Crippen molar-refractivity contribution in [1.82, 2.24) is 9.80 Å². The lowest BCUT2D eigenvalue weighted by atomic mass is 9.98. The summed E-state index contributed by atoms with van der Waals surface area (Å²) in [4.78, 5) is 19.1. The number of hydrogen-bond acceptors (Lipinski definition) is 8. The lowest BCUT2D eigenvalue weighted by molar-refractivity contribution is 0.0356. The van der Waals surface area contributed by atoms with Crippen molar-refractivity contribution in [2.24, 2.45) is 17.7 Å². The second-order valence-corrected chi connectivity index (χ2v) is 6.93. The summed E-state index contributed by atoms with van der Waals surface area (Å²) in [6, 6.07) is 0. The van der Waals surface area contributed by atoms with Crippen LogP contribution in [0.4, 0.5) is 4.79 Å². The smallest absolute Gasteiger partial charge is 0.433 e. The lowest BCUT2D eigenvalue weighted by Crippen LogP contribution is -2.32. The molecule has 2 aliphatic rings. The van der Waals surface area contributed by atoms with Gasteiger partial charge in [-0.15, -0.1) is 0 Å². The molecule has 24 heavy (non-hydrogen) atoms. The normalized spacial score (nSPS) is 21.0. The van der Waals surface area contributed by atoms with E-state index in [-0.39, 0.29) is 0 Å². The highest BCUT2D eigenvalue weighted by atomic mass is 32.1. The van der Waals surface area contributed by atoms with Crippen LogP contribution in [0.25, 0.3) is 0 Å². The minimum Gasteiger partial charge on any atom is -0.433 e. The number of thiol groups is 1. The Morgan fingerprint density at radius 3 is 1.88 bits per heavy atom. The van der Waals surface area contributed by atoms with E-state index in [1.54, 1.807) is 0 Å². The summed E-state index contributed by atoms with van der Waals surface area (Å²) in [5, 5.41) is 0. The van der Waals surface area contributed by atoms with Crippen LogP contribution in [0.15, 0.2) is 0 Å². The molecule has 0 unspecified atom stereocenters. The number of nitrogens with zero attached hydrogens (tertiary/aromatic N) is 2. The highest BCUT2D eigenvalue weighted by Gasteiger charge is 2.18. The largest absolute Gasteiger partial charge is 0.527 e. The topological polar surface area (TPSA) is 77.3 Å². The number of nitrogens with two attached hydrogens (primary N) is 1. The number of hydrogen-bond donors (Lipinski definition) is 2. The van der Waals surface area contributed by atoms with E-state index < -0.39 is 6.16 Å². The Labute approximate surface area is 151 Å². The predicted octanol–water partition coefficient (Wildman–Crippen LogP) is 1.59. The fourth-order valence-corrected chi connectivity index (χ4v) is 3.00. The molecule has 142 valence electrons. The van der Waals surface area contributed by atoms with Gasteiger partial charge in [0.15, 0.2) is 0 Å². The third kappa shape index (κ3) is 9.68. The number of likely N-dealkylation sites (tertiary alicyclic amines) is 2. The molecular weight excluding hydrogens is 330 g/mol. The molecule has 2 heterocycles. The van der Waals surface area contributed by atoms with Crippen LogP contribution < -0.4 is 5.90 Å². The Hall–Kier alpha value is -0.540. The molecule has 2 aliphatic heterocycles. The van der Waals surface area contributed by atoms with Crippen molar-refractivity contribution < 1.29 is 19.1 Å². The molecule has 0 atom stereocenters. The van der Waals surface area contributed by atoms with E-state index in [1.165, 1.54) is 25.9 Å². The van der Waals surface area contributed by atoms with E-state index in [1.807, 2.05) is 0 Å². The van der Waals surface area contributed by atoms with Crippen LogP contribution in [0.3, 0.4) is 0 Å². The zero-order valence-electron chi connectivity index (χ0n) is 15.0. The standard InChI is InChI=1S/C8H16N2O3.C8H17NOS/c1-10-4-2-7(3-5-10)6-12-8(11)13-9;1-9-4-2-8(3-5-9)6-10-7-11/h7H,2-6,9H2,1H3;8,11H,2-7H2,1H3. The summed E-state index contributed by atoms with van der Waals surface area (Å²) >= 11 is 4.01. The van der Waals surface area contributed by atoms with Crippen LogP contribution >= 0.6 is 12.6 Å². The molecule has 7 nitrogen and oxygen atoms in total. The molecular formula is C16H33N3O4S. The maximum absolute atomic E-state index is 10.5. The van der Waals surface area contributed by atoms with Crippen LogP contribution in [0.2, 0.25) is 0 Å². The van der Waals surface area contributed by atoms with E-state index in [4.69, 9.17) is 9.47 Å². The van der Waals surface area contributed by atoms with E-state index in [0.29, 0.717) is 18.5 Å². The molecule has 0 aromatic carbocycles. The number of rotatable bonds is 5. The van der Waals surface area contributed by atoms with Gasteiger partial charge in [0, 0.05) is 0 Å². The van der Waals surface area contributed by atoms with Gasteiger partial charge in [0.2, 0.25) is 0 Å². The number of carbonyl (C=O) groups is 1. The zero-order chi connectivity index (χ0) is 17.8. The van der Waals surface area contributed by atoms with Gasteiger partial charge in [-0.3, -0.25) is 0 Å². The maximum Gasteiger partial charge on any atom is 0.527 e. The van der Waals surface area contributed by atoms with E-state index in [9.17, 15) is 4.79 Å². The lowest BCUT2D eigenvalue weighted by Gasteiger charge is -2.28. The first kappa shape index (κ1) is 21.5. The van der Waals surface area contributed by atoms with Crippen LogP contribution in [0.5, 0.6) is 0 Å². The SMILES string of the molecule is CN1CCC(COC(=O)ON)CC1.CN1CCC(COCS)CC1. The van der Waals surface area contributed by atoms with Crippen LogP contribution in [0.1, 0.15) is 25.7 Å². The average molecular weight is 364 g/mol. The zero-order valence-corrected chi connectivity index (χ0v) is 15.9. The molecule has 0 aliphatic carbocycles. The summed E-state index contributed by atoms with van der Waals surface area (Å²) in [6.45, 7) is 5.89. The van der Waals surface area contributed by atoms with Gasteiger partial charge in [0.25, 0.3) is 0 Å². The minimum atomic E-state index is -0.793. The van der Waals surface area contributed by atoms with Gasteiger partial charge < -0.3 is 24.1 Å². The van der Waals surface area contributed by atoms with Crippen molar-refractivity contribution in [3.05, 3.63) is 0 Å². The van der Waals surface area contributed by atoms with Crippen molar-refractivity contribution in [2.45, 2.75) is 25.7 Å². The third-order valence-electron chi connectivity index (χ3n) is 4.65. The van der Waals surface area contributed by atoms with Crippen LogP contribution in [-0.4, -0.2) is 75.4 Å². The molecule has 8 heteroatoms. The highest BCUT2D eigenvalue weighted by Crippen LogP contribution is 2.16. The second-order valence-electron chi connectivity index (χ2n) is 6.67. The van der Waals surface area contributed by atoms with Gasteiger partial charge in [0.05, 0.1) is 19.2 Å². The van der Waals surface area contributed by atoms with Crippen molar-refractivity contribution in [3.63, 3.8) is 0 Å². The Balaban J connectivity index is 0.000000243. The van der Waals surface area contributed by atoms with Crippen molar-refractivity contribution in [1.29, 1.82) is 0 Å². The summed E-state index contributed by atoms with van der Waals surface area (Å²) < 4.78 is 10.0. The summed E-state index contributed by atoms with van der Waals surface area (Å²) in [7, 11) is 4.26. The summed E-state index contributed by atoms with van der Waals surface area (Å²) in [5.74, 6) is 6.42. The summed E-state index contributed by atoms with van der Waals surface area (Å²) in [5.41, 5.74) is 0. The molecule has 0 aromatic heterocycles. The molecule has 0 bridgehead atoms. The van der Waals surface area contributed by atoms with Crippen molar-refractivity contribution >= 4 is 18.8 Å². The molecule has 0 aromatic rings. The third-order valence-corrected chi connectivity index (χ3v) is 4.84. The second kappa shape index (κ2) is 12.8. The quantitative estimate of drug-likeness (QED) is 0.332. The first-order valence-corrected chi connectivity index (χ1v) is 9.27. The Morgan fingerprint density at radius 1 is 1.00 bits per heavy atom. The monoisotopic (exact) mass is 363 g/mol. The van der Waals surface area contributed by atoms with E-state index in [2.05, 4.69) is 47.3 Å². The van der Waals surface area contributed by atoms with Gasteiger partial charge in [-0.1, -0.05) is 0 Å². The Bertz CT molecular complexity index is 331. The van der Waals surface area contributed by atoms with E-state index >= 15 is 0 Å². The number of piperidine rings is 2. The molecule has 0 amide bonds. The molecule has 0 radical (unpaired) electrons. The van der Waals surface area contributed by atoms with Crippen LogP contribution in [-0.2, 0) is 14.3 Å². The highest BCUT2D eigenvalue weighted by molar-refractivity contribution is 7.80. The predicted molar refractivity (Wildman–Crippen MR) is 96.9 cm³/mol. The average Bonchev–Trinajstić information content (AvgIpc) is 2.61. The molecule has 2 saturated heterocycles. The van der Waals surface area contributed by atoms with Gasteiger partial charge in [-0.05, 0) is 77.8 Å². The fourth-order valence-electron chi connectivity index (χ4n) is 2.90. The van der Waals surface area contributed by atoms with Gasteiger partial charge in [-0.2, -0.15) is 18.5 Å². The fraction of sp³-hybridized carbons (Fsp3) is 0.938. The first-order chi connectivity index (χ1) is 11.5. The molecule has 2 N–H and O–H groups in total.